The molecule has 0 saturated heterocycles. The molecule has 0 aromatic heterocycles. The summed E-state index contributed by atoms with van der Waals surface area (Å²) in [4.78, 5) is 0. The molecule has 1 aliphatic carbocycles. The second kappa shape index (κ2) is 9.04. The van der Waals surface area contributed by atoms with E-state index in [-0.39, 0.29) is 0 Å². The molecular formula is C15H31N. The third-order valence-electron chi connectivity index (χ3n) is 3.94. The highest BCUT2D eigenvalue weighted by molar-refractivity contribution is 4.72. The van der Waals surface area contributed by atoms with E-state index >= 15 is 0 Å². The number of hydrogen-bond donors (Lipinski definition) is 1. The zero-order valence-electron chi connectivity index (χ0n) is 11.4. The van der Waals surface area contributed by atoms with Crippen LogP contribution >= 0.6 is 0 Å². The summed E-state index contributed by atoms with van der Waals surface area (Å²) in [6.45, 7) is 7.21. The van der Waals surface area contributed by atoms with Crippen molar-refractivity contribution < 1.29 is 0 Å². The van der Waals surface area contributed by atoms with E-state index in [9.17, 15) is 0 Å². The molecule has 0 aromatic carbocycles. The van der Waals surface area contributed by atoms with Gasteiger partial charge in [-0.2, -0.15) is 0 Å². The van der Waals surface area contributed by atoms with Gasteiger partial charge in [-0.05, 0) is 44.2 Å². The monoisotopic (exact) mass is 225 g/mol. The SMILES string of the molecule is CCCCCCCNCC1CCCC(C)C1. The molecule has 1 fully saturated rings. The number of hydrogen-bond acceptors (Lipinski definition) is 1. The molecule has 2 unspecified atom stereocenters. The molecule has 1 aliphatic rings. The smallest absolute Gasteiger partial charge is 0.00204 e. The largest absolute Gasteiger partial charge is 0.316 e. The standard InChI is InChI=1S/C15H31N/c1-3-4-5-6-7-11-16-13-15-10-8-9-14(2)12-15/h14-16H,3-13H2,1-2H3. The van der Waals surface area contributed by atoms with Crippen molar-refractivity contribution in [3.8, 4) is 0 Å². The van der Waals surface area contributed by atoms with Crippen molar-refractivity contribution in [2.75, 3.05) is 13.1 Å². The van der Waals surface area contributed by atoms with E-state index in [1.165, 1.54) is 70.9 Å². The summed E-state index contributed by atoms with van der Waals surface area (Å²) >= 11 is 0. The van der Waals surface area contributed by atoms with Crippen LogP contribution in [-0.2, 0) is 0 Å². The molecule has 1 saturated carbocycles. The van der Waals surface area contributed by atoms with Crippen molar-refractivity contribution in [2.24, 2.45) is 11.8 Å². The Morgan fingerprint density at radius 3 is 2.62 bits per heavy atom. The van der Waals surface area contributed by atoms with Crippen LogP contribution in [0.15, 0.2) is 0 Å². The van der Waals surface area contributed by atoms with E-state index in [4.69, 9.17) is 0 Å². The van der Waals surface area contributed by atoms with Gasteiger partial charge in [-0.1, -0.05) is 52.4 Å². The van der Waals surface area contributed by atoms with Crippen LogP contribution in [0.5, 0.6) is 0 Å². The Bertz CT molecular complexity index is 156. The fourth-order valence-corrected chi connectivity index (χ4v) is 2.90. The fourth-order valence-electron chi connectivity index (χ4n) is 2.90. The topological polar surface area (TPSA) is 12.0 Å². The lowest BCUT2D eigenvalue weighted by atomic mass is 9.82. The van der Waals surface area contributed by atoms with Gasteiger partial charge in [0.05, 0.1) is 0 Å². The fraction of sp³-hybridized carbons (Fsp3) is 1.00. The second-order valence-corrected chi connectivity index (χ2v) is 5.76. The second-order valence-electron chi connectivity index (χ2n) is 5.76. The van der Waals surface area contributed by atoms with Gasteiger partial charge in [0.1, 0.15) is 0 Å². The van der Waals surface area contributed by atoms with Gasteiger partial charge in [-0.3, -0.25) is 0 Å². The lowest BCUT2D eigenvalue weighted by molar-refractivity contribution is 0.274. The molecule has 96 valence electrons. The average Bonchev–Trinajstić information content (AvgIpc) is 2.28. The summed E-state index contributed by atoms with van der Waals surface area (Å²) in [5.41, 5.74) is 0. The molecule has 0 aliphatic heterocycles. The maximum Gasteiger partial charge on any atom is -0.00204 e. The summed E-state index contributed by atoms with van der Waals surface area (Å²) in [5.74, 6) is 1.95. The third kappa shape index (κ3) is 6.52. The highest BCUT2D eigenvalue weighted by Gasteiger charge is 2.17. The number of rotatable bonds is 8. The van der Waals surface area contributed by atoms with Crippen LogP contribution < -0.4 is 5.32 Å². The predicted molar refractivity (Wildman–Crippen MR) is 72.8 cm³/mol. The van der Waals surface area contributed by atoms with Gasteiger partial charge < -0.3 is 5.32 Å². The van der Waals surface area contributed by atoms with Gasteiger partial charge in [0.25, 0.3) is 0 Å². The van der Waals surface area contributed by atoms with Crippen LogP contribution in [0.25, 0.3) is 0 Å². The van der Waals surface area contributed by atoms with E-state index in [0.717, 1.165) is 11.8 Å². The van der Waals surface area contributed by atoms with Crippen molar-refractivity contribution in [3.63, 3.8) is 0 Å². The Labute approximate surface area is 102 Å². The van der Waals surface area contributed by atoms with Crippen LogP contribution in [0.1, 0.15) is 71.6 Å². The van der Waals surface area contributed by atoms with Gasteiger partial charge in [-0.25, -0.2) is 0 Å². The van der Waals surface area contributed by atoms with Gasteiger partial charge in [0, 0.05) is 0 Å². The summed E-state index contributed by atoms with van der Waals surface area (Å²) < 4.78 is 0. The first-order chi connectivity index (χ1) is 7.83. The Morgan fingerprint density at radius 1 is 1.06 bits per heavy atom. The lowest BCUT2D eigenvalue weighted by Crippen LogP contribution is -2.27. The number of nitrogens with one attached hydrogen (secondary N) is 1. The molecule has 0 aromatic rings. The molecule has 16 heavy (non-hydrogen) atoms. The summed E-state index contributed by atoms with van der Waals surface area (Å²) in [6, 6.07) is 0. The van der Waals surface area contributed by atoms with E-state index in [0.29, 0.717) is 0 Å². The zero-order valence-corrected chi connectivity index (χ0v) is 11.4. The quantitative estimate of drug-likeness (QED) is 0.605. The van der Waals surface area contributed by atoms with Crippen molar-refractivity contribution in [3.05, 3.63) is 0 Å². The summed E-state index contributed by atoms with van der Waals surface area (Å²) in [7, 11) is 0. The Kier molecular flexibility index (Phi) is 7.92. The van der Waals surface area contributed by atoms with E-state index in [2.05, 4.69) is 19.2 Å². The Balaban J connectivity index is 1.86. The van der Waals surface area contributed by atoms with Gasteiger partial charge in [0.15, 0.2) is 0 Å². The van der Waals surface area contributed by atoms with Crippen LogP contribution in [0.2, 0.25) is 0 Å². The van der Waals surface area contributed by atoms with Gasteiger partial charge >= 0.3 is 0 Å². The Morgan fingerprint density at radius 2 is 1.88 bits per heavy atom. The molecular weight excluding hydrogens is 194 g/mol. The minimum Gasteiger partial charge on any atom is -0.316 e. The minimum atomic E-state index is 0.972. The summed E-state index contributed by atoms with van der Waals surface area (Å²) in [6.07, 6.45) is 12.9. The Hall–Kier alpha value is -0.0400. The van der Waals surface area contributed by atoms with Crippen molar-refractivity contribution in [1.82, 2.24) is 5.32 Å². The first-order valence-electron chi connectivity index (χ1n) is 7.53. The maximum atomic E-state index is 3.65. The van der Waals surface area contributed by atoms with Crippen molar-refractivity contribution in [2.45, 2.75) is 71.6 Å². The first kappa shape index (κ1) is 14.0. The third-order valence-corrected chi connectivity index (χ3v) is 3.94. The maximum absolute atomic E-state index is 3.65. The molecule has 0 spiro atoms. The predicted octanol–water partition coefficient (Wildman–Crippen LogP) is 4.37. The first-order valence-corrected chi connectivity index (χ1v) is 7.53. The number of unbranched alkanes of at least 4 members (excludes halogenated alkanes) is 4. The molecule has 0 amide bonds. The molecule has 1 heteroatoms. The molecule has 0 heterocycles. The van der Waals surface area contributed by atoms with Gasteiger partial charge in [-0.15, -0.1) is 0 Å². The van der Waals surface area contributed by atoms with Crippen LogP contribution in [0, 0.1) is 11.8 Å². The van der Waals surface area contributed by atoms with Crippen LogP contribution in [0.3, 0.4) is 0 Å². The molecule has 0 radical (unpaired) electrons. The zero-order chi connectivity index (χ0) is 11.6. The van der Waals surface area contributed by atoms with E-state index in [1.807, 2.05) is 0 Å². The molecule has 0 bridgehead atoms. The normalized spacial score (nSPS) is 25.9. The van der Waals surface area contributed by atoms with E-state index < -0.39 is 0 Å². The highest BCUT2D eigenvalue weighted by atomic mass is 14.9. The lowest BCUT2D eigenvalue weighted by Gasteiger charge is -2.26. The van der Waals surface area contributed by atoms with Crippen molar-refractivity contribution >= 4 is 0 Å². The summed E-state index contributed by atoms with van der Waals surface area (Å²) in [5, 5.41) is 3.65. The van der Waals surface area contributed by atoms with Gasteiger partial charge in [0.2, 0.25) is 0 Å². The van der Waals surface area contributed by atoms with Crippen LogP contribution in [0.4, 0.5) is 0 Å². The minimum absolute atomic E-state index is 0.972. The van der Waals surface area contributed by atoms with Crippen LogP contribution in [-0.4, -0.2) is 13.1 Å². The highest BCUT2D eigenvalue weighted by Crippen LogP contribution is 2.27. The average molecular weight is 225 g/mol. The molecule has 1 N–H and O–H groups in total. The molecule has 1 nitrogen and oxygen atoms in total. The molecule has 2 atom stereocenters. The molecule has 1 rings (SSSR count). The van der Waals surface area contributed by atoms with Crippen molar-refractivity contribution in [1.29, 1.82) is 0 Å². The van der Waals surface area contributed by atoms with E-state index in [1.54, 1.807) is 0 Å².